The zero-order valence-electron chi connectivity index (χ0n) is 12.3. The minimum atomic E-state index is -1.65. The Morgan fingerprint density at radius 2 is 1.88 bits per heavy atom. The molecule has 120 valence electrons. The third-order valence-corrected chi connectivity index (χ3v) is 3.27. The van der Waals surface area contributed by atoms with Crippen LogP contribution < -0.4 is 10.4 Å². The zero-order chi connectivity index (χ0) is 17.1. The number of carbonyl (C=O) groups excluding carboxylic acids is 2. The molecular formula is C18H11FNO4-. The second-order valence-corrected chi connectivity index (χ2v) is 4.98. The van der Waals surface area contributed by atoms with Crippen LogP contribution in [0.3, 0.4) is 0 Å². The van der Waals surface area contributed by atoms with Gasteiger partial charge in [-0.1, -0.05) is 30.3 Å². The lowest BCUT2D eigenvalue weighted by atomic mass is 10.1. The van der Waals surface area contributed by atoms with Crippen LogP contribution >= 0.6 is 0 Å². The Labute approximate surface area is 136 Å². The van der Waals surface area contributed by atoms with Crippen LogP contribution in [0, 0.1) is 5.82 Å². The molecular weight excluding hydrogens is 313 g/mol. The Kier molecular flexibility index (Phi) is 4.11. The molecule has 0 atom stereocenters. The van der Waals surface area contributed by atoms with E-state index in [1.165, 1.54) is 24.3 Å². The van der Waals surface area contributed by atoms with Crippen LogP contribution in [0.1, 0.15) is 5.56 Å². The van der Waals surface area contributed by atoms with Crippen molar-refractivity contribution in [1.29, 1.82) is 0 Å². The molecule has 0 aliphatic carbocycles. The quantitative estimate of drug-likeness (QED) is 0.686. The summed E-state index contributed by atoms with van der Waals surface area (Å²) in [6.07, 6.45) is 1.27. The second kappa shape index (κ2) is 6.37. The summed E-state index contributed by atoms with van der Waals surface area (Å²) in [5.41, 5.74) is 0.310. The predicted molar refractivity (Wildman–Crippen MR) is 82.6 cm³/mol. The molecule has 3 rings (SSSR count). The number of carbonyl (C=O) groups is 2. The van der Waals surface area contributed by atoms with Gasteiger partial charge in [0.1, 0.15) is 11.4 Å². The van der Waals surface area contributed by atoms with Gasteiger partial charge >= 0.3 is 0 Å². The largest absolute Gasteiger partial charge is 0.544 e. The molecule has 0 aromatic heterocycles. The number of nitrogens with one attached hydrogen (secondary N) is 1. The van der Waals surface area contributed by atoms with Gasteiger partial charge in [-0.05, 0) is 35.9 Å². The number of allylic oxidation sites excluding steroid dienone is 1. The van der Waals surface area contributed by atoms with Crippen LogP contribution in [-0.2, 0) is 14.3 Å². The molecule has 0 saturated heterocycles. The molecule has 24 heavy (non-hydrogen) atoms. The highest BCUT2D eigenvalue weighted by molar-refractivity contribution is 6.25. The smallest absolute Gasteiger partial charge is 0.235 e. The number of ether oxygens (including phenoxy) is 1. The van der Waals surface area contributed by atoms with E-state index in [0.29, 0.717) is 11.3 Å². The Morgan fingerprint density at radius 3 is 2.54 bits per heavy atom. The number of hydrogen-bond acceptors (Lipinski definition) is 5. The van der Waals surface area contributed by atoms with E-state index in [-0.39, 0.29) is 11.6 Å². The van der Waals surface area contributed by atoms with Crippen molar-refractivity contribution < 1.29 is 23.8 Å². The summed E-state index contributed by atoms with van der Waals surface area (Å²) in [7, 11) is 0. The minimum absolute atomic E-state index is 0.224. The highest BCUT2D eigenvalue weighted by atomic mass is 19.1. The number of rotatable bonds is 4. The van der Waals surface area contributed by atoms with Gasteiger partial charge in [0.25, 0.3) is 0 Å². The van der Waals surface area contributed by atoms with Crippen molar-refractivity contribution >= 4 is 23.5 Å². The highest BCUT2D eigenvalue weighted by Crippen LogP contribution is 2.27. The Balaban J connectivity index is 1.93. The Morgan fingerprint density at radius 1 is 1.12 bits per heavy atom. The van der Waals surface area contributed by atoms with Gasteiger partial charge in [-0.2, -0.15) is 0 Å². The lowest BCUT2D eigenvalue weighted by Gasteiger charge is -2.08. The van der Waals surface area contributed by atoms with Crippen LogP contribution in [0.15, 0.2) is 71.8 Å². The van der Waals surface area contributed by atoms with E-state index < -0.39 is 23.1 Å². The van der Waals surface area contributed by atoms with E-state index in [2.05, 4.69) is 5.32 Å². The lowest BCUT2D eigenvalue weighted by molar-refractivity contribution is -0.298. The Hall–Kier alpha value is -3.41. The summed E-state index contributed by atoms with van der Waals surface area (Å²) >= 11 is 0. The molecule has 0 spiro atoms. The van der Waals surface area contributed by atoms with Gasteiger partial charge in [-0.25, -0.2) is 4.39 Å². The maximum Gasteiger partial charge on any atom is 0.235 e. The first-order chi connectivity index (χ1) is 11.5. The molecule has 6 heteroatoms. The molecule has 1 aliphatic rings. The second-order valence-electron chi connectivity index (χ2n) is 4.98. The van der Waals surface area contributed by atoms with E-state index in [9.17, 15) is 19.1 Å². The number of hydrogen-bond donors (Lipinski definition) is 1. The van der Waals surface area contributed by atoms with Crippen LogP contribution in [0.5, 0.6) is 0 Å². The number of anilines is 1. The normalized spacial score (nSPS) is 15.5. The first-order valence-electron chi connectivity index (χ1n) is 7.02. The van der Waals surface area contributed by atoms with Crippen molar-refractivity contribution in [3.63, 3.8) is 0 Å². The summed E-state index contributed by atoms with van der Waals surface area (Å²) in [5, 5.41) is 14.0. The minimum Gasteiger partial charge on any atom is -0.544 e. The molecule has 0 bridgehead atoms. The molecule has 2 aromatic rings. The SMILES string of the molecule is O=C([O-])C1=C(Nc2ccccc2)O/C(=C\c2cccc(F)c2)C1=O. The van der Waals surface area contributed by atoms with E-state index in [0.717, 1.165) is 0 Å². The molecule has 1 heterocycles. The lowest BCUT2D eigenvalue weighted by Crippen LogP contribution is -2.28. The summed E-state index contributed by atoms with van der Waals surface area (Å²) in [4.78, 5) is 23.5. The number of ketones is 1. The average Bonchev–Trinajstić information content (AvgIpc) is 2.84. The maximum absolute atomic E-state index is 13.2. The molecule has 2 aromatic carbocycles. The first-order valence-corrected chi connectivity index (χ1v) is 7.02. The standard InChI is InChI=1S/C18H12FNO4/c19-12-6-4-5-11(9-12)10-14-16(21)15(18(22)23)17(24-14)20-13-7-2-1-3-8-13/h1-10,20H,(H,22,23)/p-1/b14-10-. The van der Waals surface area contributed by atoms with Crippen LogP contribution in [-0.4, -0.2) is 11.8 Å². The maximum atomic E-state index is 13.2. The molecule has 0 unspecified atom stereocenters. The van der Waals surface area contributed by atoms with Gasteiger partial charge in [0.05, 0.1) is 5.97 Å². The van der Waals surface area contributed by atoms with Crippen LogP contribution in [0.25, 0.3) is 6.08 Å². The number of carboxylic acids is 1. The fraction of sp³-hybridized carbons (Fsp3) is 0. The summed E-state index contributed by atoms with van der Waals surface area (Å²) in [6.45, 7) is 0. The summed E-state index contributed by atoms with van der Waals surface area (Å²) in [6, 6.07) is 14.1. The number of carboxylic acid groups (broad SMARTS) is 1. The van der Waals surface area contributed by atoms with E-state index in [4.69, 9.17) is 4.74 Å². The molecule has 1 N–H and O–H groups in total. The summed E-state index contributed by atoms with van der Waals surface area (Å²) in [5.74, 6) is -3.42. The summed E-state index contributed by atoms with van der Waals surface area (Å²) < 4.78 is 18.6. The molecule has 0 amide bonds. The molecule has 1 aliphatic heterocycles. The molecule has 0 radical (unpaired) electrons. The Bertz CT molecular complexity index is 872. The van der Waals surface area contributed by atoms with Crippen LogP contribution in [0.2, 0.25) is 0 Å². The van der Waals surface area contributed by atoms with Crippen LogP contribution in [0.4, 0.5) is 10.1 Å². The van der Waals surface area contributed by atoms with Crippen molar-refractivity contribution in [2.24, 2.45) is 0 Å². The number of benzene rings is 2. The monoisotopic (exact) mass is 324 g/mol. The van der Waals surface area contributed by atoms with Gasteiger partial charge in [0, 0.05) is 5.69 Å². The van der Waals surface area contributed by atoms with E-state index in [1.54, 1.807) is 36.4 Å². The average molecular weight is 324 g/mol. The third-order valence-electron chi connectivity index (χ3n) is 3.27. The van der Waals surface area contributed by atoms with Gasteiger partial charge in [-0.3, -0.25) is 4.79 Å². The van der Waals surface area contributed by atoms with Crippen molar-refractivity contribution in [1.82, 2.24) is 0 Å². The zero-order valence-corrected chi connectivity index (χ0v) is 12.3. The first kappa shape index (κ1) is 15.5. The fourth-order valence-electron chi connectivity index (χ4n) is 2.20. The van der Waals surface area contributed by atoms with Gasteiger partial charge in [-0.15, -0.1) is 0 Å². The molecule has 0 saturated carbocycles. The van der Waals surface area contributed by atoms with Crippen molar-refractivity contribution in [3.8, 4) is 0 Å². The van der Waals surface area contributed by atoms with Gasteiger partial charge < -0.3 is 20.0 Å². The number of Topliss-reactive ketones (excluding diaryl/α,β-unsaturated/α-hetero) is 1. The number of halogens is 1. The number of aliphatic carboxylic acids is 1. The van der Waals surface area contributed by atoms with E-state index in [1.807, 2.05) is 0 Å². The third kappa shape index (κ3) is 3.17. The van der Waals surface area contributed by atoms with Gasteiger partial charge in [0.15, 0.2) is 5.76 Å². The van der Waals surface area contributed by atoms with Crippen molar-refractivity contribution in [2.45, 2.75) is 0 Å². The van der Waals surface area contributed by atoms with Gasteiger partial charge in [0.2, 0.25) is 11.7 Å². The predicted octanol–water partition coefficient (Wildman–Crippen LogP) is 1.84. The highest BCUT2D eigenvalue weighted by Gasteiger charge is 2.31. The van der Waals surface area contributed by atoms with E-state index >= 15 is 0 Å². The molecule has 0 fully saturated rings. The number of para-hydroxylation sites is 1. The topological polar surface area (TPSA) is 78.5 Å². The molecule has 5 nitrogen and oxygen atoms in total. The van der Waals surface area contributed by atoms with Crippen molar-refractivity contribution in [2.75, 3.05) is 5.32 Å². The fourth-order valence-corrected chi connectivity index (χ4v) is 2.20. The van der Waals surface area contributed by atoms with Crippen molar-refractivity contribution in [3.05, 3.63) is 83.2 Å².